The number of primary sulfonamides is 1. The summed E-state index contributed by atoms with van der Waals surface area (Å²) in [5.41, 5.74) is 1.21. The van der Waals surface area contributed by atoms with Gasteiger partial charge in [0.05, 0.1) is 4.90 Å². The van der Waals surface area contributed by atoms with E-state index in [1.807, 2.05) is 6.07 Å². The number of aliphatic imine (C=N–C) groups is 1. The summed E-state index contributed by atoms with van der Waals surface area (Å²) in [6, 6.07) is 6.66. The average molecular weight is 508 g/mol. The lowest BCUT2D eigenvalue weighted by Gasteiger charge is -2.32. The Labute approximate surface area is 180 Å². The fourth-order valence-corrected chi connectivity index (χ4v) is 4.54. The molecule has 0 atom stereocenters. The zero-order chi connectivity index (χ0) is 19.2. The molecule has 8 heteroatoms. The quantitative estimate of drug-likeness (QED) is 0.299. The van der Waals surface area contributed by atoms with Gasteiger partial charge in [0.15, 0.2) is 5.96 Å². The van der Waals surface area contributed by atoms with Gasteiger partial charge in [-0.3, -0.25) is 4.99 Å². The molecule has 1 aromatic rings. The summed E-state index contributed by atoms with van der Waals surface area (Å²) in [5.74, 6) is 1.42. The highest BCUT2D eigenvalue weighted by Gasteiger charge is 2.34. The van der Waals surface area contributed by atoms with Gasteiger partial charge in [-0.05, 0) is 48.3 Å². The van der Waals surface area contributed by atoms with Crippen LogP contribution in [0.15, 0.2) is 34.2 Å². The fraction of sp³-hybridized carbons (Fsp3) is 0.632. The first kappa shape index (κ1) is 24.2. The number of hydrogen-bond donors (Lipinski definition) is 3. The number of guanidine groups is 1. The molecule has 154 valence electrons. The molecule has 1 aromatic carbocycles. The molecule has 2 rings (SSSR count). The number of rotatable bonds is 7. The van der Waals surface area contributed by atoms with Crippen molar-refractivity contribution in [3.8, 4) is 0 Å². The van der Waals surface area contributed by atoms with E-state index in [1.165, 1.54) is 38.2 Å². The second-order valence-corrected chi connectivity index (χ2v) is 9.34. The number of halogens is 1. The third kappa shape index (κ3) is 7.57. The zero-order valence-corrected chi connectivity index (χ0v) is 19.6. The first-order valence-corrected chi connectivity index (χ1v) is 10.8. The highest BCUT2D eigenvalue weighted by molar-refractivity contribution is 14.0. The molecule has 0 aromatic heterocycles. The van der Waals surface area contributed by atoms with Crippen LogP contribution in [0.3, 0.4) is 0 Å². The van der Waals surface area contributed by atoms with Gasteiger partial charge in [0.25, 0.3) is 0 Å². The van der Waals surface area contributed by atoms with Crippen LogP contribution in [-0.2, 0) is 16.6 Å². The van der Waals surface area contributed by atoms with Gasteiger partial charge in [-0.25, -0.2) is 13.6 Å². The van der Waals surface area contributed by atoms with Crippen molar-refractivity contribution in [1.82, 2.24) is 10.6 Å². The Balaban J connectivity index is 0.00000364. The Hall–Kier alpha value is -0.870. The molecule has 0 radical (unpaired) electrons. The normalized spacial score (nSPS) is 16.9. The van der Waals surface area contributed by atoms with Crippen LogP contribution in [0.2, 0.25) is 0 Å². The number of nitrogens with zero attached hydrogens (tertiary/aromatic N) is 1. The smallest absolute Gasteiger partial charge is 0.238 e. The van der Waals surface area contributed by atoms with Crippen LogP contribution in [0.1, 0.15) is 51.5 Å². The van der Waals surface area contributed by atoms with Gasteiger partial charge in [0.2, 0.25) is 10.0 Å². The lowest BCUT2D eigenvalue weighted by molar-refractivity contribution is 0.235. The summed E-state index contributed by atoms with van der Waals surface area (Å²) in [7, 11) is -1.93. The van der Waals surface area contributed by atoms with Crippen LogP contribution in [-0.4, -0.2) is 28.0 Å². The Morgan fingerprint density at radius 1 is 1.26 bits per heavy atom. The van der Waals surface area contributed by atoms with E-state index in [4.69, 9.17) is 5.14 Å². The van der Waals surface area contributed by atoms with Crippen molar-refractivity contribution in [3.05, 3.63) is 29.8 Å². The van der Waals surface area contributed by atoms with E-state index in [0.29, 0.717) is 17.9 Å². The van der Waals surface area contributed by atoms with Crippen molar-refractivity contribution < 1.29 is 8.42 Å². The topological polar surface area (TPSA) is 96.6 Å². The molecular weight excluding hydrogens is 475 g/mol. The van der Waals surface area contributed by atoms with E-state index < -0.39 is 10.0 Å². The Kier molecular flexibility index (Phi) is 9.50. The van der Waals surface area contributed by atoms with Gasteiger partial charge in [-0.15, -0.1) is 24.0 Å². The number of sulfonamides is 1. The minimum Gasteiger partial charge on any atom is -0.356 e. The first-order valence-electron chi connectivity index (χ1n) is 9.30. The largest absolute Gasteiger partial charge is 0.356 e. The van der Waals surface area contributed by atoms with Crippen LogP contribution in [0, 0.1) is 11.3 Å². The Bertz CT molecular complexity index is 729. The van der Waals surface area contributed by atoms with Crippen molar-refractivity contribution in [2.75, 3.05) is 13.6 Å². The van der Waals surface area contributed by atoms with E-state index in [2.05, 4.69) is 29.5 Å². The Morgan fingerprint density at radius 3 is 2.48 bits per heavy atom. The van der Waals surface area contributed by atoms with Crippen LogP contribution in [0.4, 0.5) is 0 Å². The molecule has 0 amide bonds. The van der Waals surface area contributed by atoms with Gasteiger partial charge in [-0.1, -0.05) is 38.8 Å². The summed E-state index contributed by atoms with van der Waals surface area (Å²) in [6.07, 6.45) is 6.38. The third-order valence-electron chi connectivity index (χ3n) is 5.05. The summed E-state index contributed by atoms with van der Waals surface area (Å²) in [4.78, 5) is 4.42. The van der Waals surface area contributed by atoms with Gasteiger partial charge >= 0.3 is 0 Å². The molecule has 6 nitrogen and oxygen atoms in total. The number of nitrogens with one attached hydrogen (secondary N) is 2. The van der Waals surface area contributed by atoms with Gasteiger partial charge in [-0.2, -0.15) is 0 Å². The molecule has 1 aliphatic carbocycles. The van der Waals surface area contributed by atoms with Crippen LogP contribution in [0.25, 0.3) is 0 Å². The predicted molar refractivity (Wildman–Crippen MR) is 122 cm³/mol. The van der Waals surface area contributed by atoms with Crippen molar-refractivity contribution in [2.24, 2.45) is 21.5 Å². The summed E-state index contributed by atoms with van der Waals surface area (Å²) >= 11 is 0. The fourth-order valence-electron chi connectivity index (χ4n) is 3.95. The average Bonchev–Trinajstić information content (AvgIpc) is 3.02. The molecule has 0 saturated heterocycles. The molecule has 1 fully saturated rings. The van der Waals surface area contributed by atoms with Gasteiger partial charge < -0.3 is 10.6 Å². The summed E-state index contributed by atoms with van der Waals surface area (Å²) < 4.78 is 22.9. The van der Waals surface area contributed by atoms with Crippen molar-refractivity contribution in [2.45, 2.75) is 57.4 Å². The monoisotopic (exact) mass is 508 g/mol. The molecular formula is C19H33IN4O2S. The maximum Gasteiger partial charge on any atom is 0.238 e. The van der Waals surface area contributed by atoms with Crippen LogP contribution >= 0.6 is 24.0 Å². The second kappa shape index (κ2) is 10.6. The lowest BCUT2D eigenvalue weighted by atomic mass is 9.78. The lowest BCUT2D eigenvalue weighted by Crippen LogP contribution is -2.43. The molecule has 1 aliphatic rings. The van der Waals surface area contributed by atoms with Crippen LogP contribution in [0.5, 0.6) is 0 Å². The summed E-state index contributed by atoms with van der Waals surface area (Å²) in [6.45, 7) is 5.97. The number of hydrogen-bond acceptors (Lipinski definition) is 3. The maximum absolute atomic E-state index is 11.5. The predicted octanol–water partition coefficient (Wildman–Crippen LogP) is 3.22. The van der Waals surface area contributed by atoms with E-state index in [9.17, 15) is 8.42 Å². The van der Waals surface area contributed by atoms with E-state index >= 15 is 0 Å². The number of benzene rings is 1. The van der Waals surface area contributed by atoms with Crippen molar-refractivity contribution >= 4 is 40.0 Å². The minimum absolute atomic E-state index is 0. The summed E-state index contributed by atoms with van der Waals surface area (Å²) in [5, 5.41) is 11.9. The molecule has 0 aliphatic heterocycles. The minimum atomic E-state index is -3.68. The number of nitrogens with two attached hydrogens (primary N) is 1. The molecule has 0 heterocycles. The van der Waals surface area contributed by atoms with Crippen LogP contribution < -0.4 is 15.8 Å². The highest BCUT2D eigenvalue weighted by atomic mass is 127. The maximum atomic E-state index is 11.5. The van der Waals surface area contributed by atoms with E-state index in [-0.39, 0.29) is 28.9 Å². The zero-order valence-electron chi connectivity index (χ0n) is 16.5. The third-order valence-corrected chi connectivity index (χ3v) is 5.96. The molecule has 0 bridgehead atoms. The molecule has 1 saturated carbocycles. The van der Waals surface area contributed by atoms with Gasteiger partial charge in [0, 0.05) is 20.1 Å². The first-order chi connectivity index (χ1) is 12.2. The SMILES string of the molecule is CN=C(NCc1cccc(S(N)(=O)=O)c1)NCC1(CC(C)C)CCCC1.I. The molecule has 0 unspecified atom stereocenters. The molecule has 0 spiro atoms. The highest BCUT2D eigenvalue weighted by Crippen LogP contribution is 2.42. The standard InChI is InChI=1S/C19H32N4O2S.HI/c1-15(2)12-19(9-4-5-10-19)14-23-18(21-3)22-13-16-7-6-8-17(11-16)26(20,24)25;/h6-8,11,15H,4-5,9-10,12-14H2,1-3H3,(H2,20,24,25)(H2,21,22,23);1H. The molecule has 27 heavy (non-hydrogen) atoms. The van der Waals surface area contributed by atoms with Crippen molar-refractivity contribution in [3.63, 3.8) is 0 Å². The van der Waals surface area contributed by atoms with E-state index in [1.54, 1.807) is 19.2 Å². The molecule has 4 N–H and O–H groups in total. The Morgan fingerprint density at radius 2 is 1.93 bits per heavy atom. The van der Waals surface area contributed by atoms with Crippen molar-refractivity contribution in [1.29, 1.82) is 0 Å². The second-order valence-electron chi connectivity index (χ2n) is 7.78. The van der Waals surface area contributed by atoms with Gasteiger partial charge in [0.1, 0.15) is 0 Å². The van der Waals surface area contributed by atoms with E-state index in [0.717, 1.165) is 18.1 Å².